The predicted molar refractivity (Wildman–Crippen MR) is 95.7 cm³/mol. The second-order valence-electron chi connectivity index (χ2n) is 7.26. The van der Waals surface area contributed by atoms with Gasteiger partial charge >= 0.3 is 0 Å². The molecule has 1 fully saturated rings. The third-order valence-electron chi connectivity index (χ3n) is 5.45. The summed E-state index contributed by atoms with van der Waals surface area (Å²) in [6, 6.07) is 6.10. The van der Waals surface area contributed by atoms with Crippen LogP contribution in [-0.2, 0) is 22.6 Å². The highest BCUT2D eigenvalue weighted by Crippen LogP contribution is 2.28. The highest BCUT2D eigenvalue weighted by Gasteiger charge is 2.19. The van der Waals surface area contributed by atoms with Crippen LogP contribution in [0, 0.1) is 5.92 Å². The number of anilines is 1. The number of fused-ring (bicyclic) bond motifs is 1. The van der Waals surface area contributed by atoms with Crippen molar-refractivity contribution in [1.82, 2.24) is 4.90 Å². The predicted octanol–water partition coefficient (Wildman–Crippen LogP) is 3.89. The second kappa shape index (κ2) is 7.82. The van der Waals surface area contributed by atoms with Crippen LogP contribution in [-0.4, -0.2) is 23.3 Å². The number of rotatable bonds is 4. The molecule has 0 radical (unpaired) electrons. The van der Waals surface area contributed by atoms with Gasteiger partial charge < -0.3 is 10.2 Å². The molecule has 2 aliphatic rings. The number of benzene rings is 1. The molecule has 4 heteroatoms. The van der Waals surface area contributed by atoms with Gasteiger partial charge in [-0.05, 0) is 42.0 Å². The van der Waals surface area contributed by atoms with Crippen molar-refractivity contribution >= 4 is 17.5 Å². The van der Waals surface area contributed by atoms with Crippen molar-refractivity contribution < 1.29 is 9.59 Å². The van der Waals surface area contributed by atoms with Crippen molar-refractivity contribution in [1.29, 1.82) is 0 Å². The molecule has 0 bridgehead atoms. The zero-order valence-corrected chi connectivity index (χ0v) is 14.6. The SMILES string of the molecule is CC(=O)N1CCc2ccc(NC(=O)CCC3CCCCC3)cc2C1. The van der Waals surface area contributed by atoms with Gasteiger partial charge in [0.15, 0.2) is 0 Å². The fourth-order valence-corrected chi connectivity index (χ4v) is 3.94. The summed E-state index contributed by atoms with van der Waals surface area (Å²) < 4.78 is 0. The van der Waals surface area contributed by atoms with Crippen LogP contribution < -0.4 is 5.32 Å². The van der Waals surface area contributed by atoms with Gasteiger partial charge in [0.05, 0.1) is 0 Å². The Balaban J connectivity index is 1.54. The van der Waals surface area contributed by atoms with Crippen LogP contribution >= 0.6 is 0 Å². The number of nitrogens with zero attached hydrogens (tertiary/aromatic N) is 1. The van der Waals surface area contributed by atoms with Crippen LogP contribution in [0.25, 0.3) is 0 Å². The van der Waals surface area contributed by atoms with E-state index in [4.69, 9.17) is 0 Å². The minimum atomic E-state index is 0.111. The fraction of sp³-hybridized carbons (Fsp3) is 0.600. The Bertz CT molecular complexity index is 606. The van der Waals surface area contributed by atoms with Crippen LogP contribution in [0.2, 0.25) is 0 Å². The van der Waals surface area contributed by atoms with Gasteiger partial charge in [0.25, 0.3) is 0 Å². The van der Waals surface area contributed by atoms with E-state index >= 15 is 0 Å². The summed E-state index contributed by atoms with van der Waals surface area (Å²) in [4.78, 5) is 25.6. The fourth-order valence-electron chi connectivity index (χ4n) is 3.94. The molecule has 130 valence electrons. The van der Waals surface area contributed by atoms with E-state index in [0.717, 1.165) is 36.6 Å². The Morgan fingerprint density at radius 2 is 1.96 bits per heavy atom. The summed E-state index contributed by atoms with van der Waals surface area (Å²) in [5.74, 6) is 0.958. The zero-order valence-electron chi connectivity index (χ0n) is 14.6. The standard InChI is InChI=1S/C20H28N2O2/c1-15(23)22-12-11-17-8-9-19(13-18(17)14-22)21-20(24)10-7-16-5-3-2-4-6-16/h8-9,13,16H,2-7,10-12,14H2,1H3,(H,21,24). The van der Waals surface area contributed by atoms with Crippen molar-refractivity contribution in [3.05, 3.63) is 29.3 Å². The van der Waals surface area contributed by atoms with Gasteiger partial charge in [-0.2, -0.15) is 0 Å². The van der Waals surface area contributed by atoms with Crippen molar-refractivity contribution in [2.24, 2.45) is 5.92 Å². The van der Waals surface area contributed by atoms with Crippen LogP contribution in [0.3, 0.4) is 0 Å². The Labute approximate surface area is 144 Å². The normalized spacial score (nSPS) is 18.1. The molecule has 1 aromatic carbocycles. The van der Waals surface area contributed by atoms with Crippen molar-refractivity contribution in [3.8, 4) is 0 Å². The maximum atomic E-state index is 12.2. The molecule has 1 N–H and O–H groups in total. The minimum Gasteiger partial charge on any atom is -0.338 e. The lowest BCUT2D eigenvalue weighted by atomic mass is 9.86. The molecule has 0 spiro atoms. The molecular formula is C20H28N2O2. The average Bonchev–Trinajstić information content (AvgIpc) is 2.60. The van der Waals surface area contributed by atoms with Crippen LogP contribution in [0.15, 0.2) is 18.2 Å². The molecule has 1 saturated carbocycles. The summed E-state index contributed by atoms with van der Waals surface area (Å²) in [6.07, 6.45) is 9.09. The monoisotopic (exact) mass is 328 g/mol. The van der Waals surface area contributed by atoms with E-state index < -0.39 is 0 Å². The topological polar surface area (TPSA) is 49.4 Å². The van der Waals surface area contributed by atoms with Crippen molar-refractivity contribution in [2.75, 3.05) is 11.9 Å². The van der Waals surface area contributed by atoms with Gasteiger partial charge in [0.2, 0.25) is 11.8 Å². The second-order valence-corrected chi connectivity index (χ2v) is 7.26. The number of nitrogens with one attached hydrogen (secondary N) is 1. The number of carbonyl (C=O) groups is 2. The van der Waals surface area contributed by atoms with E-state index in [1.165, 1.54) is 37.7 Å². The first-order valence-corrected chi connectivity index (χ1v) is 9.29. The molecule has 24 heavy (non-hydrogen) atoms. The van der Waals surface area contributed by atoms with E-state index in [9.17, 15) is 9.59 Å². The first-order chi connectivity index (χ1) is 11.6. The molecule has 4 nitrogen and oxygen atoms in total. The summed E-state index contributed by atoms with van der Waals surface area (Å²) in [6.45, 7) is 3.05. The van der Waals surface area contributed by atoms with E-state index in [-0.39, 0.29) is 11.8 Å². The van der Waals surface area contributed by atoms with Gasteiger partial charge in [-0.3, -0.25) is 9.59 Å². The molecule has 3 rings (SSSR count). The number of hydrogen-bond donors (Lipinski definition) is 1. The van der Waals surface area contributed by atoms with Gasteiger partial charge in [0, 0.05) is 32.1 Å². The van der Waals surface area contributed by atoms with E-state index in [1.54, 1.807) is 6.92 Å². The molecule has 1 heterocycles. The third-order valence-corrected chi connectivity index (χ3v) is 5.45. The van der Waals surface area contributed by atoms with Gasteiger partial charge in [0.1, 0.15) is 0 Å². The molecule has 0 saturated heterocycles. The average molecular weight is 328 g/mol. The molecule has 1 aromatic rings. The first-order valence-electron chi connectivity index (χ1n) is 9.29. The Hall–Kier alpha value is -1.84. The lowest BCUT2D eigenvalue weighted by molar-refractivity contribution is -0.129. The maximum absolute atomic E-state index is 12.2. The van der Waals surface area contributed by atoms with Gasteiger partial charge in [-0.15, -0.1) is 0 Å². The summed E-state index contributed by atoms with van der Waals surface area (Å²) in [7, 11) is 0. The number of amides is 2. The maximum Gasteiger partial charge on any atom is 0.224 e. The Morgan fingerprint density at radius 3 is 2.71 bits per heavy atom. The van der Waals surface area contributed by atoms with Gasteiger partial charge in [-0.25, -0.2) is 0 Å². The number of hydrogen-bond acceptors (Lipinski definition) is 2. The molecule has 0 unspecified atom stereocenters. The Kier molecular flexibility index (Phi) is 5.54. The lowest BCUT2D eigenvalue weighted by Gasteiger charge is -2.28. The molecule has 0 atom stereocenters. The summed E-state index contributed by atoms with van der Waals surface area (Å²) in [5, 5.41) is 3.03. The third kappa shape index (κ3) is 4.37. The summed E-state index contributed by atoms with van der Waals surface area (Å²) in [5.41, 5.74) is 3.29. The van der Waals surface area contributed by atoms with E-state index in [1.807, 2.05) is 17.0 Å². The van der Waals surface area contributed by atoms with Crippen molar-refractivity contribution in [2.45, 2.75) is 64.8 Å². The van der Waals surface area contributed by atoms with Crippen LogP contribution in [0.5, 0.6) is 0 Å². The molecule has 1 aliphatic carbocycles. The quantitative estimate of drug-likeness (QED) is 0.911. The molecule has 0 aromatic heterocycles. The minimum absolute atomic E-state index is 0.111. The van der Waals surface area contributed by atoms with Crippen LogP contribution in [0.4, 0.5) is 5.69 Å². The molecule has 1 aliphatic heterocycles. The largest absolute Gasteiger partial charge is 0.338 e. The highest BCUT2D eigenvalue weighted by molar-refractivity contribution is 5.90. The van der Waals surface area contributed by atoms with E-state index in [2.05, 4.69) is 11.4 Å². The zero-order chi connectivity index (χ0) is 16.9. The summed E-state index contributed by atoms with van der Waals surface area (Å²) >= 11 is 0. The highest BCUT2D eigenvalue weighted by atomic mass is 16.2. The molecule has 2 amide bonds. The van der Waals surface area contributed by atoms with Crippen molar-refractivity contribution in [3.63, 3.8) is 0 Å². The number of carbonyl (C=O) groups excluding carboxylic acids is 2. The van der Waals surface area contributed by atoms with Crippen LogP contribution in [0.1, 0.15) is 63.0 Å². The van der Waals surface area contributed by atoms with Gasteiger partial charge in [-0.1, -0.05) is 38.2 Å². The first kappa shape index (κ1) is 17.0. The molecular weight excluding hydrogens is 300 g/mol. The smallest absolute Gasteiger partial charge is 0.224 e. The Morgan fingerprint density at radius 1 is 1.17 bits per heavy atom. The lowest BCUT2D eigenvalue weighted by Crippen LogP contribution is -2.34. The van der Waals surface area contributed by atoms with E-state index in [0.29, 0.717) is 13.0 Å².